The van der Waals surface area contributed by atoms with Crippen LogP contribution in [-0.4, -0.2) is 37.2 Å². The molecule has 0 N–H and O–H groups in total. The maximum atomic E-state index is 12.1. The Kier molecular flexibility index (Phi) is 6.26. The van der Waals surface area contributed by atoms with Gasteiger partial charge in [0.05, 0.1) is 23.2 Å². The average Bonchev–Trinajstić information content (AvgIpc) is 2.64. The minimum absolute atomic E-state index is 0.0526. The molecule has 136 valence electrons. The van der Waals surface area contributed by atoms with E-state index in [2.05, 4.69) is 4.74 Å². The fourth-order valence-electron chi connectivity index (χ4n) is 2.15. The number of methoxy groups -OCH3 is 1. The van der Waals surface area contributed by atoms with Crippen molar-refractivity contribution in [2.75, 3.05) is 20.3 Å². The molecular weight excluding hydrogens is 342 g/mol. The lowest BCUT2D eigenvalue weighted by molar-refractivity contribution is -0.384. The number of hydrogen-bond acceptors (Lipinski definition) is 7. The minimum atomic E-state index is -0.799. The van der Waals surface area contributed by atoms with Crippen molar-refractivity contribution >= 4 is 17.6 Å². The molecule has 0 saturated carbocycles. The smallest absolute Gasteiger partial charge is 0.338 e. The Balaban J connectivity index is 2.00. The molecule has 0 fully saturated rings. The number of esters is 2. The SMILES string of the molecule is COC(=O)c1cc(C(=O)OCCOc2cccc(C)c2)cc([N+](=O)[O-])c1. The summed E-state index contributed by atoms with van der Waals surface area (Å²) in [7, 11) is 1.14. The zero-order valence-corrected chi connectivity index (χ0v) is 14.3. The van der Waals surface area contributed by atoms with Gasteiger partial charge in [0, 0.05) is 12.1 Å². The topological polar surface area (TPSA) is 105 Å². The van der Waals surface area contributed by atoms with Crippen LogP contribution in [0.5, 0.6) is 5.75 Å². The number of hydrogen-bond donors (Lipinski definition) is 0. The first kappa shape index (κ1) is 18.9. The van der Waals surface area contributed by atoms with E-state index < -0.39 is 22.5 Å². The lowest BCUT2D eigenvalue weighted by atomic mass is 10.1. The van der Waals surface area contributed by atoms with Gasteiger partial charge in [0.25, 0.3) is 5.69 Å². The summed E-state index contributed by atoms with van der Waals surface area (Å²) in [5.74, 6) is -0.943. The molecule has 0 bridgehead atoms. The molecule has 0 heterocycles. The van der Waals surface area contributed by atoms with E-state index in [4.69, 9.17) is 9.47 Å². The van der Waals surface area contributed by atoms with Gasteiger partial charge in [-0.1, -0.05) is 12.1 Å². The van der Waals surface area contributed by atoms with Gasteiger partial charge in [0.1, 0.15) is 19.0 Å². The predicted octanol–water partition coefficient (Wildman–Crippen LogP) is 2.93. The number of rotatable bonds is 7. The van der Waals surface area contributed by atoms with Gasteiger partial charge in [-0.2, -0.15) is 0 Å². The molecule has 8 nitrogen and oxygen atoms in total. The number of carbonyl (C=O) groups excluding carboxylic acids is 2. The first-order valence-corrected chi connectivity index (χ1v) is 7.65. The Hall–Kier alpha value is -3.42. The van der Waals surface area contributed by atoms with E-state index in [1.54, 1.807) is 6.07 Å². The summed E-state index contributed by atoms with van der Waals surface area (Å²) in [5, 5.41) is 11.0. The zero-order chi connectivity index (χ0) is 19.1. The number of aryl methyl sites for hydroxylation is 1. The normalized spacial score (nSPS) is 10.1. The molecule has 2 rings (SSSR count). The van der Waals surface area contributed by atoms with Crippen LogP contribution >= 0.6 is 0 Å². The highest BCUT2D eigenvalue weighted by Gasteiger charge is 2.19. The molecule has 0 atom stereocenters. The lowest BCUT2D eigenvalue weighted by Gasteiger charge is -2.08. The van der Waals surface area contributed by atoms with Gasteiger partial charge in [0.2, 0.25) is 0 Å². The highest BCUT2D eigenvalue weighted by molar-refractivity contribution is 5.96. The summed E-state index contributed by atoms with van der Waals surface area (Å²) in [6.45, 7) is 1.99. The predicted molar refractivity (Wildman–Crippen MR) is 91.4 cm³/mol. The third-order valence-electron chi connectivity index (χ3n) is 3.36. The molecule has 0 aliphatic carbocycles. The summed E-state index contributed by atoms with van der Waals surface area (Å²) in [6, 6.07) is 10.6. The fourth-order valence-corrected chi connectivity index (χ4v) is 2.15. The Bertz CT molecular complexity index is 832. The van der Waals surface area contributed by atoms with Gasteiger partial charge in [-0.15, -0.1) is 0 Å². The second-order valence-electron chi connectivity index (χ2n) is 5.32. The maximum absolute atomic E-state index is 12.1. The van der Waals surface area contributed by atoms with Crippen LogP contribution in [0, 0.1) is 17.0 Å². The van der Waals surface area contributed by atoms with Crippen molar-refractivity contribution in [2.24, 2.45) is 0 Å². The molecular formula is C18H17NO7. The van der Waals surface area contributed by atoms with E-state index in [1.807, 2.05) is 25.1 Å². The molecule has 2 aromatic carbocycles. The van der Waals surface area contributed by atoms with Crippen molar-refractivity contribution in [1.29, 1.82) is 0 Å². The molecule has 2 aromatic rings. The number of nitro benzene ring substituents is 1. The van der Waals surface area contributed by atoms with Crippen molar-refractivity contribution < 1.29 is 28.7 Å². The fraction of sp³-hybridized carbons (Fsp3) is 0.222. The standard InChI is InChI=1S/C18H17NO7/c1-12-4-3-5-16(8-12)25-6-7-26-18(21)14-9-13(17(20)24-2)10-15(11-14)19(22)23/h3-5,8-11H,6-7H2,1-2H3. The van der Waals surface area contributed by atoms with Crippen LogP contribution in [0.15, 0.2) is 42.5 Å². The van der Waals surface area contributed by atoms with Crippen molar-refractivity contribution in [2.45, 2.75) is 6.92 Å². The van der Waals surface area contributed by atoms with Gasteiger partial charge in [0.15, 0.2) is 0 Å². The Morgan fingerprint density at radius 3 is 2.35 bits per heavy atom. The van der Waals surface area contributed by atoms with Crippen molar-refractivity contribution in [3.8, 4) is 5.75 Å². The van der Waals surface area contributed by atoms with Gasteiger partial charge >= 0.3 is 11.9 Å². The second-order valence-corrected chi connectivity index (χ2v) is 5.32. The van der Waals surface area contributed by atoms with Crippen molar-refractivity contribution in [3.05, 3.63) is 69.3 Å². The zero-order valence-electron chi connectivity index (χ0n) is 14.3. The van der Waals surface area contributed by atoms with E-state index in [0.717, 1.165) is 24.8 Å². The number of non-ortho nitro benzene ring substituents is 1. The second kappa shape index (κ2) is 8.61. The van der Waals surface area contributed by atoms with Crippen LogP contribution in [-0.2, 0) is 9.47 Å². The Labute approximate surface area is 149 Å². The number of carbonyl (C=O) groups is 2. The number of nitro groups is 1. The molecule has 0 saturated heterocycles. The summed E-state index contributed by atoms with van der Waals surface area (Å²) in [4.78, 5) is 33.9. The highest BCUT2D eigenvalue weighted by atomic mass is 16.6. The molecule has 0 spiro atoms. The Morgan fingerprint density at radius 1 is 1.04 bits per heavy atom. The maximum Gasteiger partial charge on any atom is 0.338 e. The Morgan fingerprint density at radius 2 is 1.73 bits per heavy atom. The summed E-state index contributed by atoms with van der Waals surface area (Å²) in [5.41, 5.74) is 0.405. The largest absolute Gasteiger partial charge is 0.490 e. The molecule has 0 aliphatic heterocycles. The quantitative estimate of drug-likeness (QED) is 0.324. The molecule has 0 radical (unpaired) electrons. The third-order valence-corrected chi connectivity index (χ3v) is 3.36. The van der Waals surface area contributed by atoms with Gasteiger partial charge in [-0.25, -0.2) is 9.59 Å². The molecule has 8 heteroatoms. The van der Waals surface area contributed by atoms with Crippen LogP contribution in [0.2, 0.25) is 0 Å². The van der Waals surface area contributed by atoms with E-state index in [9.17, 15) is 19.7 Å². The number of ether oxygens (including phenoxy) is 3. The minimum Gasteiger partial charge on any atom is -0.490 e. The summed E-state index contributed by atoms with van der Waals surface area (Å²) >= 11 is 0. The van der Waals surface area contributed by atoms with Crippen molar-refractivity contribution in [1.82, 2.24) is 0 Å². The third kappa shape index (κ3) is 5.04. The van der Waals surface area contributed by atoms with Crippen molar-refractivity contribution in [3.63, 3.8) is 0 Å². The highest BCUT2D eigenvalue weighted by Crippen LogP contribution is 2.19. The van der Waals surface area contributed by atoms with E-state index in [0.29, 0.717) is 5.75 Å². The van der Waals surface area contributed by atoms with Gasteiger partial charge in [-0.05, 0) is 30.7 Å². The molecule has 0 aromatic heterocycles. The van der Waals surface area contributed by atoms with E-state index >= 15 is 0 Å². The van der Waals surface area contributed by atoms with Crippen LogP contribution in [0.3, 0.4) is 0 Å². The van der Waals surface area contributed by atoms with Gasteiger partial charge in [-0.3, -0.25) is 10.1 Å². The average molecular weight is 359 g/mol. The van der Waals surface area contributed by atoms with Crippen LogP contribution in [0.1, 0.15) is 26.3 Å². The summed E-state index contributed by atoms with van der Waals surface area (Å²) in [6.07, 6.45) is 0. The lowest BCUT2D eigenvalue weighted by Crippen LogP contribution is -2.13. The van der Waals surface area contributed by atoms with E-state index in [-0.39, 0.29) is 24.3 Å². The molecule has 0 unspecified atom stereocenters. The van der Waals surface area contributed by atoms with Gasteiger partial charge < -0.3 is 14.2 Å². The number of benzene rings is 2. The number of nitrogens with zero attached hydrogens (tertiary/aromatic N) is 1. The van der Waals surface area contributed by atoms with E-state index in [1.165, 1.54) is 6.07 Å². The van der Waals surface area contributed by atoms with Crippen LogP contribution in [0.4, 0.5) is 5.69 Å². The monoisotopic (exact) mass is 359 g/mol. The molecule has 26 heavy (non-hydrogen) atoms. The van der Waals surface area contributed by atoms with Crippen LogP contribution in [0.25, 0.3) is 0 Å². The molecule has 0 aliphatic rings. The van der Waals surface area contributed by atoms with Crippen LogP contribution < -0.4 is 4.74 Å². The first-order chi connectivity index (χ1) is 12.4. The first-order valence-electron chi connectivity index (χ1n) is 7.65. The molecule has 0 amide bonds. The summed E-state index contributed by atoms with van der Waals surface area (Å²) < 4.78 is 15.0.